The minimum atomic E-state index is -0.604. The maximum Gasteiger partial charge on any atom is 0.327 e. The van der Waals surface area contributed by atoms with E-state index in [1.54, 1.807) is 31.2 Å². The molecule has 3 N–H and O–H groups in total. The first-order valence-corrected chi connectivity index (χ1v) is 5.11. The van der Waals surface area contributed by atoms with Gasteiger partial charge in [-0.15, -0.1) is 0 Å². The van der Waals surface area contributed by atoms with Crippen molar-refractivity contribution in [1.29, 1.82) is 0 Å². The molecule has 0 saturated heterocycles. The van der Waals surface area contributed by atoms with E-state index in [1.807, 2.05) is 0 Å². The van der Waals surface area contributed by atoms with E-state index in [-0.39, 0.29) is 0 Å². The molecule has 4 amide bonds. The number of carbonyl (C=O) groups is 2. The maximum atomic E-state index is 11.3. The molecule has 0 aromatic heterocycles. The van der Waals surface area contributed by atoms with Gasteiger partial charge in [0.15, 0.2) is 0 Å². The summed E-state index contributed by atoms with van der Waals surface area (Å²) in [7, 11) is 0. The van der Waals surface area contributed by atoms with Gasteiger partial charge in [0.05, 0.1) is 0 Å². The van der Waals surface area contributed by atoms with Crippen LogP contribution in [0, 0.1) is 0 Å². The number of anilines is 1. The smallest absolute Gasteiger partial charge is 0.327 e. The van der Waals surface area contributed by atoms with Gasteiger partial charge in [0.1, 0.15) is 0 Å². The Morgan fingerprint density at radius 3 is 2.69 bits per heavy atom. The summed E-state index contributed by atoms with van der Waals surface area (Å²) in [5, 5.41) is 7.53. The van der Waals surface area contributed by atoms with E-state index >= 15 is 0 Å². The van der Waals surface area contributed by atoms with E-state index < -0.39 is 12.1 Å². The molecule has 0 radical (unpaired) electrons. The Bertz CT molecular complexity index is 395. The van der Waals surface area contributed by atoms with Crippen LogP contribution in [0.2, 0.25) is 5.02 Å². The first-order valence-electron chi connectivity index (χ1n) is 4.73. The van der Waals surface area contributed by atoms with Gasteiger partial charge in [0.25, 0.3) is 0 Å². The van der Waals surface area contributed by atoms with E-state index in [9.17, 15) is 9.59 Å². The number of benzene rings is 1. The van der Waals surface area contributed by atoms with Gasteiger partial charge in [-0.05, 0) is 25.1 Å². The predicted molar refractivity (Wildman–Crippen MR) is 62.7 cm³/mol. The minimum Gasteiger partial charge on any atom is -0.338 e. The SMILES string of the molecule is CCNC(=O)NC(=O)Nc1cccc(Cl)c1. The third-order valence-corrected chi connectivity index (χ3v) is 1.88. The van der Waals surface area contributed by atoms with Gasteiger partial charge >= 0.3 is 12.1 Å². The third-order valence-electron chi connectivity index (χ3n) is 1.65. The van der Waals surface area contributed by atoms with Crippen LogP contribution in [-0.4, -0.2) is 18.6 Å². The summed E-state index contributed by atoms with van der Waals surface area (Å²) in [6.07, 6.45) is 0. The topological polar surface area (TPSA) is 70.2 Å². The lowest BCUT2D eigenvalue weighted by atomic mass is 10.3. The second kappa shape index (κ2) is 5.97. The molecule has 0 bridgehead atoms. The van der Waals surface area contributed by atoms with Crippen molar-refractivity contribution in [2.75, 3.05) is 11.9 Å². The number of hydrogen-bond acceptors (Lipinski definition) is 2. The van der Waals surface area contributed by atoms with Crippen LogP contribution in [-0.2, 0) is 0 Å². The molecule has 1 rings (SSSR count). The molecule has 0 aliphatic rings. The Balaban J connectivity index is 2.48. The van der Waals surface area contributed by atoms with Crippen LogP contribution < -0.4 is 16.0 Å². The largest absolute Gasteiger partial charge is 0.338 e. The fraction of sp³-hybridized carbons (Fsp3) is 0.200. The molecule has 0 saturated carbocycles. The molecule has 0 fully saturated rings. The van der Waals surface area contributed by atoms with Crippen molar-refractivity contribution in [3.63, 3.8) is 0 Å². The highest BCUT2D eigenvalue weighted by Crippen LogP contribution is 2.14. The summed E-state index contributed by atoms with van der Waals surface area (Å²) < 4.78 is 0. The highest BCUT2D eigenvalue weighted by atomic mass is 35.5. The highest BCUT2D eigenvalue weighted by molar-refractivity contribution is 6.30. The van der Waals surface area contributed by atoms with Gasteiger partial charge in [-0.3, -0.25) is 5.32 Å². The molecule has 0 aliphatic heterocycles. The lowest BCUT2D eigenvalue weighted by Gasteiger charge is -2.06. The van der Waals surface area contributed by atoms with Crippen LogP contribution in [0.3, 0.4) is 0 Å². The van der Waals surface area contributed by atoms with Gasteiger partial charge in [-0.2, -0.15) is 0 Å². The number of carbonyl (C=O) groups excluding carboxylic acids is 2. The summed E-state index contributed by atoms with van der Waals surface area (Å²) in [5.74, 6) is 0. The lowest BCUT2D eigenvalue weighted by molar-refractivity contribution is 0.233. The van der Waals surface area contributed by atoms with Crippen molar-refractivity contribution >= 4 is 29.4 Å². The van der Waals surface area contributed by atoms with Gasteiger partial charge < -0.3 is 10.6 Å². The van der Waals surface area contributed by atoms with E-state index in [0.29, 0.717) is 17.3 Å². The number of halogens is 1. The van der Waals surface area contributed by atoms with E-state index in [0.717, 1.165) is 0 Å². The Kier molecular flexibility index (Phi) is 4.60. The normalized spacial score (nSPS) is 9.38. The minimum absolute atomic E-state index is 0.455. The highest BCUT2D eigenvalue weighted by Gasteiger charge is 2.06. The van der Waals surface area contributed by atoms with Crippen molar-refractivity contribution in [3.05, 3.63) is 29.3 Å². The van der Waals surface area contributed by atoms with E-state index in [1.165, 1.54) is 0 Å². The predicted octanol–water partition coefficient (Wildman–Crippen LogP) is 2.19. The maximum absolute atomic E-state index is 11.3. The first-order chi connectivity index (χ1) is 7.61. The number of nitrogens with one attached hydrogen (secondary N) is 3. The summed E-state index contributed by atoms with van der Waals surface area (Å²) >= 11 is 5.73. The van der Waals surface area contributed by atoms with Gasteiger partial charge in [-0.1, -0.05) is 17.7 Å². The third kappa shape index (κ3) is 4.18. The Morgan fingerprint density at radius 2 is 2.06 bits per heavy atom. The molecule has 16 heavy (non-hydrogen) atoms. The van der Waals surface area contributed by atoms with Crippen LogP contribution >= 0.6 is 11.6 Å². The number of urea groups is 2. The average Bonchev–Trinajstić information content (AvgIpc) is 2.17. The van der Waals surface area contributed by atoms with Crippen LogP contribution in [0.5, 0.6) is 0 Å². The summed E-state index contributed by atoms with van der Waals surface area (Å²) in [6, 6.07) is 5.50. The van der Waals surface area contributed by atoms with Crippen molar-refractivity contribution in [3.8, 4) is 0 Å². The fourth-order valence-corrected chi connectivity index (χ4v) is 1.23. The van der Waals surface area contributed by atoms with Crippen LogP contribution in [0.4, 0.5) is 15.3 Å². The first kappa shape index (κ1) is 12.3. The molecule has 0 atom stereocenters. The Morgan fingerprint density at radius 1 is 1.31 bits per heavy atom. The molecule has 6 heteroatoms. The average molecular weight is 242 g/mol. The van der Waals surface area contributed by atoms with Crippen molar-refractivity contribution in [1.82, 2.24) is 10.6 Å². The quantitative estimate of drug-likeness (QED) is 0.743. The molecule has 0 spiro atoms. The van der Waals surface area contributed by atoms with E-state index in [2.05, 4.69) is 16.0 Å². The second-order valence-corrected chi connectivity index (χ2v) is 3.39. The molecular weight excluding hydrogens is 230 g/mol. The monoisotopic (exact) mass is 241 g/mol. The zero-order valence-electron chi connectivity index (χ0n) is 8.71. The van der Waals surface area contributed by atoms with Gasteiger partial charge in [0.2, 0.25) is 0 Å². The van der Waals surface area contributed by atoms with E-state index in [4.69, 9.17) is 11.6 Å². The van der Waals surface area contributed by atoms with Gasteiger partial charge in [0, 0.05) is 17.3 Å². The summed E-state index contributed by atoms with van der Waals surface area (Å²) in [5.41, 5.74) is 0.522. The summed E-state index contributed by atoms with van der Waals surface area (Å²) in [4.78, 5) is 22.3. The molecule has 5 nitrogen and oxygen atoms in total. The molecule has 1 aromatic carbocycles. The molecule has 0 aliphatic carbocycles. The number of amides is 4. The number of hydrogen-bond donors (Lipinski definition) is 3. The Hall–Kier alpha value is -1.75. The zero-order chi connectivity index (χ0) is 12.0. The molecule has 0 heterocycles. The molecule has 86 valence electrons. The molecule has 0 unspecified atom stereocenters. The van der Waals surface area contributed by atoms with Crippen LogP contribution in [0.25, 0.3) is 0 Å². The van der Waals surface area contributed by atoms with Crippen molar-refractivity contribution in [2.24, 2.45) is 0 Å². The zero-order valence-corrected chi connectivity index (χ0v) is 9.47. The number of imide groups is 1. The molecule has 1 aromatic rings. The second-order valence-electron chi connectivity index (χ2n) is 2.95. The fourth-order valence-electron chi connectivity index (χ4n) is 1.04. The summed E-state index contributed by atoms with van der Waals surface area (Å²) in [6.45, 7) is 2.21. The number of rotatable bonds is 2. The van der Waals surface area contributed by atoms with Crippen LogP contribution in [0.15, 0.2) is 24.3 Å². The van der Waals surface area contributed by atoms with Gasteiger partial charge in [-0.25, -0.2) is 9.59 Å². The van der Waals surface area contributed by atoms with Crippen molar-refractivity contribution < 1.29 is 9.59 Å². The van der Waals surface area contributed by atoms with Crippen molar-refractivity contribution in [2.45, 2.75) is 6.92 Å². The molecular formula is C10H12ClN3O2. The standard InChI is InChI=1S/C10H12ClN3O2/c1-2-12-9(15)14-10(16)13-8-5-3-4-7(11)6-8/h3-6H,2H2,1H3,(H3,12,13,14,15,16). The lowest BCUT2D eigenvalue weighted by Crippen LogP contribution is -2.41. The Labute approximate surface area is 98.2 Å². The van der Waals surface area contributed by atoms with Crippen LogP contribution in [0.1, 0.15) is 6.92 Å².